The quantitative estimate of drug-likeness (QED) is 0.855. The Kier molecular flexibility index (Phi) is 3.01. The Morgan fingerprint density at radius 2 is 2.00 bits per heavy atom. The topological polar surface area (TPSA) is 29.9 Å². The molecule has 1 aromatic heterocycles. The second kappa shape index (κ2) is 4.45. The Labute approximate surface area is 93.9 Å². The van der Waals surface area contributed by atoms with Crippen molar-refractivity contribution < 1.29 is 4.39 Å². The molecule has 0 aliphatic carbocycles. The fourth-order valence-electron chi connectivity index (χ4n) is 1.61. The summed E-state index contributed by atoms with van der Waals surface area (Å²) < 4.78 is 14.6. The van der Waals surface area contributed by atoms with Crippen molar-refractivity contribution in [3.8, 4) is 11.3 Å². The van der Waals surface area contributed by atoms with Crippen molar-refractivity contribution in [2.75, 3.05) is 7.05 Å². The molecule has 0 saturated heterocycles. The first kappa shape index (κ1) is 10.8. The highest BCUT2D eigenvalue weighted by Gasteiger charge is 2.06. The van der Waals surface area contributed by atoms with Crippen molar-refractivity contribution in [2.24, 2.45) is 7.05 Å². The van der Waals surface area contributed by atoms with Gasteiger partial charge in [-0.1, -0.05) is 0 Å². The van der Waals surface area contributed by atoms with Crippen molar-refractivity contribution in [1.82, 2.24) is 15.1 Å². The second-order valence-electron chi connectivity index (χ2n) is 3.68. The lowest BCUT2D eigenvalue weighted by atomic mass is 10.1. The molecule has 0 amide bonds. The number of nitrogens with zero attached hydrogens (tertiary/aromatic N) is 2. The standard InChI is InChI=1S/C12H14FN3/c1-14-8-11-7-12(15-16(11)2)9-3-5-10(13)6-4-9/h3-7,14H,8H2,1-2H3. The Morgan fingerprint density at radius 3 is 2.62 bits per heavy atom. The van der Waals surface area contributed by atoms with Gasteiger partial charge in [0.1, 0.15) is 5.82 Å². The van der Waals surface area contributed by atoms with Crippen LogP contribution in [0.25, 0.3) is 11.3 Å². The summed E-state index contributed by atoms with van der Waals surface area (Å²) in [6.07, 6.45) is 0. The predicted octanol–water partition coefficient (Wildman–Crippen LogP) is 1.95. The van der Waals surface area contributed by atoms with Gasteiger partial charge < -0.3 is 5.32 Å². The maximum Gasteiger partial charge on any atom is 0.123 e. The zero-order valence-electron chi connectivity index (χ0n) is 9.37. The first-order valence-corrected chi connectivity index (χ1v) is 5.14. The Morgan fingerprint density at radius 1 is 1.31 bits per heavy atom. The molecule has 1 heterocycles. The van der Waals surface area contributed by atoms with Crippen molar-refractivity contribution in [3.05, 3.63) is 41.8 Å². The van der Waals surface area contributed by atoms with Gasteiger partial charge in [-0.05, 0) is 37.4 Å². The molecule has 1 aromatic carbocycles. The summed E-state index contributed by atoms with van der Waals surface area (Å²) in [5.74, 6) is -0.227. The largest absolute Gasteiger partial charge is 0.314 e. The van der Waals surface area contributed by atoms with Crippen LogP contribution in [0, 0.1) is 5.82 Å². The number of nitrogens with one attached hydrogen (secondary N) is 1. The van der Waals surface area contributed by atoms with E-state index in [1.807, 2.05) is 24.8 Å². The van der Waals surface area contributed by atoms with Gasteiger partial charge in [0.2, 0.25) is 0 Å². The lowest BCUT2D eigenvalue weighted by Gasteiger charge is -1.97. The van der Waals surface area contributed by atoms with Gasteiger partial charge in [0.25, 0.3) is 0 Å². The lowest BCUT2D eigenvalue weighted by molar-refractivity contribution is 0.628. The average molecular weight is 219 g/mol. The fourth-order valence-corrected chi connectivity index (χ4v) is 1.61. The molecule has 2 rings (SSSR count). The number of halogens is 1. The normalized spacial score (nSPS) is 10.7. The molecule has 0 saturated carbocycles. The van der Waals surface area contributed by atoms with Gasteiger partial charge >= 0.3 is 0 Å². The number of benzene rings is 1. The molecular weight excluding hydrogens is 205 g/mol. The maximum atomic E-state index is 12.8. The first-order valence-electron chi connectivity index (χ1n) is 5.14. The van der Waals surface area contributed by atoms with E-state index in [1.165, 1.54) is 12.1 Å². The SMILES string of the molecule is CNCc1cc(-c2ccc(F)cc2)nn1C. The zero-order chi connectivity index (χ0) is 11.5. The van der Waals surface area contributed by atoms with Gasteiger partial charge in [-0.3, -0.25) is 4.68 Å². The monoisotopic (exact) mass is 219 g/mol. The Balaban J connectivity index is 2.33. The minimum atomic E-state index is -0.227. The maximum absolute atomic E-state index is 12.8. The van der Waals surface area contributed by atoms with Gasteiger partial charge in [-0.25, -0.2) is 4.39 Å². The average Bonchev–Trinajstić information content (AvgIpc) is 2.62. The third-order valence-corrected chi connectivity index (χ3v) is 2.47. The van der Waals surface area contributed by atoms with Crippen LogP contribution in [0.1, 0.15) is 5.69 Å². The smallest absolute Gasteiger partial charge is 0.123 e. The Bertz CT molecular complexity index is 474. The summed E-state index contributed by atoms with van der Waals surface area (Å²) in [4.78, 5) is 0. The molecule has 0 fully saturated rings. The number of rotatable bonds is 3. The minimum Gasteiger partial charge on any atom is -0.314 e. The summed E-state index contributed by atoms with van der Waals surface area (Å²) in [6.45, 7) is 0.769. The second-order valence-corrected chi connectivity index (χ2v) is 3.68. The van der Waals surface area contributed by atoms with Crippen LogP contribution in [-0.2, 0) is 13.6 Å². The third-order valence-electron chi connectivity index (χ3n) is 2.47. The van der Waals surface area contributed by atoms with Crippen LogP contribution in [0.4, 0.5) is 4.39 Å². The highest BCUT2D eigenvalue weighted by atomic mass is 19.1. The predicted molar refractivity (Wildman–Crippen MR) is 61.4 cm³/mol. The van der Waals surface area contributed by atoms with E-state index in [0.717, 1.165) is 23.5 Å². The summed E-state index contributed by atoms with van der Waals surface area (Å²) in [5, 5.41) is 7.46. The van der Waals surface area contributed by atoms with E-state index in [2.05, 4.69) is 10.4 Å². The van der Waals surface area contributed by atoms with E-state index in [1.54, 1.807) is 12.1 Å². The van der Waals surface area contributed by atoms with E-state index >= 15 is 0 Å². The highest BCUT2D eigenvalue weighted by Crippen LogP contribution is 2.18. The van der Waals surface area contributed by atoms with Gasteiger partial charge in [-0.15, -0.1) is 0 Å². The molecule has 0 unspecified atom stereocenters. The molecule has 1 N–H and O–H groups in total. The lowest BCUT2D eigenvalue weighted by Crippen LogP contribution is -2.09. The van der Waals surface area contributed by atoms with Crippen LogP contribution in [-0.4, -0.2) is 16.8 Å². The highest BCUT2D eigenvalue weighted by molar-refractivity contribution is 5.59. The first-order chi connectivity index (χ1) is 7.70. The molecule has 0 aliphatic rings. The summed E-state index contributed by atoms with van der Waals surface area (Å²) in [7, 11) is 3.80. The number of hydrogen-bond acceptors (Lipinski definition) is 2. The van der Waals surface area contributed by atoms with Crippen LogP contribution in [0.3, 0.4) is 0 Å². The molecule has 84 valence electrons. The molecule has 16 heavy (non-hydrogen) atoms. The van der Waals surface area contributed by atoms with Crippen molar-refractivity contribution in [3.63, 3.8) is 0 Å². The molecule has 0 atom stereocenters. The molecule has 0 radical (unpaired) electrons. The molecule has 4 heteroatoms. The van der Waals surface area contributed by atoms with E-state index in [4.69, 9.17) is 0 Å². The van der Waals surface area contributed by atoms with Crippen LogP contribution >= 0.6 is 0 Å². The Hall–Kier alpha value is -1.68. The van der Waals surface area contributed by atoms with Crippen molar-refractivity contribution >= 4 is 0 Å². The van der Waals surface area contributed by atoms with Crippen LogP contribution < -0.4 is 5.32 Å². The van der Waals surface area contributed by atoms with Crippen molar-refractivity contribution in [1.29, 1.82) is 0 Å². The fraction of sp³-hybridized carbons (Fsp3) is 0.250. The van der Waals surface area contributed by atoms with Crippen LogP contribution in [0.5, 0.6) is 0 Å². The number of hydrogen-bond donors (Lipinski definition) is 1. The van der Waals surface area contributed by atoms with Crippen molar-refractivity contribution in [2.45, 2.75) is 6.54 Å². The number of aryl methyl sites for hydroxylation is 1. The van der Waals surface area contributed by atoms with E-state index in [9.17, 15) is 4.39 Å². The van der Waals surface area contributed by atoms with Gasteiger partial charge in [-0.2, -0.15) is 5.10 Å². The van der Waals surface area contributed by atoms with Gasteiger partial charge in [0.15, 0.2) is 0 Å². The van der Waals surface area contributed by atoms with Crippen LogP contribution in [0.2, 0.25) is 0 Å². The van der Waals surface area contributed by atoms with E-state index in [0.29, 0.717) is 0 Å². The summed E-state index contributed by atoms with van der Waals surface area (Å²) in [6, 6.07) is 8.37. The van der Waals surface area contributed by atoms with E-state index < -0.39 is 0 Å². The third kappa shape index (κ3) is 2.12. The molecular formula is C12H14FN3. The molecule has 0 bridgehead atoms. The zero-order valence-corrected chi connectivity index (χ0v) is 9.37. The van der Waals surface area contributed by atoms with E-state index in [-0.39, 0.29) is 5.82 Å². The van der Waals surface area contributed by atoms with Gasteiger partial charge in [0.05, 0.1) is 11.4 Å². The summed E-state index contributed by atoms with van der Waals surface area (Å²) in [5.41, 5.74) is 2.90. The van der Waals surface area contributed by atoms with Gasteiger partial charge in [0, 0.05) is 19.2 Å². The minimum absolute atomic E-state index is 0.227. The summed E-state index contributed by atoms with van der Waals surface area (Å²) >= 11 is 0. The van der Waals surface area contributed by atoms with Crippen LogP contribution in [0.15, 0.2) is 30.3 Å². The molecule has 0 aliphatic heterocycles. The molecule has 0 spiro atoms. The number of aromatic nitrogens is 2. The molecule has 3 nitrogen and oxygen atoms in total. The molecule has 2 aromatic rings.